The lowest BCUT2D eigenvalue weighted by molar-refractivity contribution is 1.27. The van der Waals surface area contributed by atoms with Gasteiger partial charge in [-0.2, -0.15) is 0 Å². The van der Waals surface area contributed by atoms with Crippen LogP contribution in [0.2, 0.25) is 5.02 Å². The summed E-state index contributed by atoms with van der Waals surface area (Å²) in [5, 5.41) is 5.92. The van der Waals surface area contributed by atoms with Crippen LogP contribution in [0.25, 0.3) is 32.7 Å². The lowest BCUT2D eigenvalue weighted by atomic mass is 9.94. The van der Waals surface area contributed by atoms with Gasteiger partial charge in [-0.15, -0.1) is 0 Å². The highest BCUT2D eigenvalue weighted by molar-refractivity contribution is 6.31. The van der Waals surface area contributed by atoms with Crippen LogP contribution in [0.1, 0.15) is 11.1 Å². The summed E-state index contributed by atoms with van der Waals surface area (Å²) in [5.41, 5.74) is 5.66. The molecule has 1 aliphatic rings. The molecule has 0 unspecified atom stereocenters. The molecule has 104 valence electrons. The van der Waals surface area contributed by atoms with E-state index < -0.39 is 0 Å². The Bertz CT molecular complexity index is 1060. The van der Waals surface area contributed by atoms with Gasteiger partial charge in [-0.3, -0.25) is 0 Å². The van der Waals surface area contributed by atoms with Crippen LogP contribution in [-0.4, -0.2) is 0 Å². The lowest BCUT2D eigenvalue weighted by Crippen LogP contribution is -1.84. The first-order chi connectivity index (χ1) is 10.8. The predicted octanol–water partition coefficient (Wildman–Crippen LogP) is 6.22. The number of fused-ring (bicyclic) bond motifs is 7. The molecule has 0 bridgehead atoms. The summed E-state index contributed by atoms with van der Waals surface area (Å²) in [6.07, 6.45) is 1.04. The van der Waals surface area contributed by atoms with Gasteiger partial charge >= 0.3 is 0 Å². The third kappa shape index (κ3) is 1.59. The highest BCUT2D eigenvalue weighted by Crippen LogP contribution is 2.42. The van der Waals surface area contributed by atoms with Gasteiger partial charge < -0.3 is 0 Å². The number of benzene rings is 4. The van der Waals surface area contributed by atoms with Gasteiger partial charge in [0.05, 0.1) is 0 Å². The van der Waals surface area contributed by atoms with E-state index in [2.05, 4.69) is 54.6 Å². The van der Waals surface area contributed by atoms with Crippen molar-refractivity contribution in [3.8, 4) is 11.1 Å². The molecule has 0 nitrogen and oxygen atoms in total. The van der Waals surface area contributed by atoms with Gasteiger partial charge in [0, 0.05) is 5.02 Å². The second kappa shape index (κ2) is 4.34. The summed E-state index contributed by atoms with van der Waals surface area (Å²) in [4.78, 5) is 0. The van der Waals surface area contributed by atoms with E-state index in [4.69, 9.17) is 11.6 Å². The molecule has 0 fully saturated rings. The molecule has 0 heterocycles. The summed E-state index contributed by atoms with van der Waals surface area (Å²) in [7, 11) is 0. The Morgan fingerprint density at radius 3 is 2.45 bits per heavy atom. The van der Waals surface area contributed by atoms with Crippen LogP contribution in [0.5, 0.6) is 0 Å². The second-order valence-electron chi connectivity index (χ2n) is 5.96. The van der Waals surface area contributed by atoms with Crippen molar-refractivity contribution in [2.24, 2.45) is 0 Å². The van der Waals surface area contributed by atoms with Crippen molar-refractivity contribution in [3.05, 3.63) is 82.9 Å². The Balaban J connectivity index is 1.94. The molecular formula is C21H13Cl. The summed E-state index contributed by atoms with van der Waals surface area (Å²) in [6.45, 7) is 0. The number of halogens is 1. The van der Waals surface area contributed by atoms with Crippen molar-refractivity contribution < 1.29 is 0 Å². The Labute approximate surface area is 134 Å². The normalized spacial score (nSPS) is 12.6. The molecule has 0 amide bonds. The molecule has 1 aliphatic carbocycles. The minimum Gasteiger partial charge on any atom is -0.0843 e. The number of hydrogen-bond acceptors (Lipinski definition) is 0. The third-order valence-electron chi connectivity index (χ3n) is 4.73. The van der Waals surface area contributed by atoms with Crippen molar-refractivity contribution in [2.45, 2.75) is 6.42 Å². The molecule has 0 saturated heterocycles. The molecule has 4 aromatic carbocycles. The van der Waals surface area contributed by atoms with Crippen molar-refractivity contribution in [1.29, 1.82) is 0 Å². The highest BCUT2D eigenvalue weighted by Gasteiger charge is 2.20. The highest BCUT2D eigenvalue weighted by atomic mass is 35.5. The van der Waals surface area contributed by atoms with Gasteiger partial charge in [0.1, 0.15) is 0 Å². The Morgan fingerprint density at radius 2 is 1.50 bits per heavy atom. The van der Waals surface area contributed by atoms with Crippen LogP contribution in [0.4, 0.5) is 0 Å². The third-order valence-corrected chi connectivity index (χ3v) is 4.97. The molecule has 22 heavy (non-hydrogen) atoms. The predicted molar refractivity (Wildman–Crippen MR) is 94.7 cm³/mol. The van der Waals surface area contributed by atoms with E-state index in [9.17, 15) is 0 Å². The molecule has 0 N–H and O–H groups in total. The fourth-order valence-electron chi connectivity index (χ4n) is 3.75. The van der Waals surface area contributed by atoms with Crippen molar-refractivity contribution in [1.82, 2.24) is 0 Å². The zero-order chi connectivity index (χ0) is 14.7. The van der Waals surface area contributed by atoms with Crippen molar-refractivity contribution in [2.75, 3.05) is 0 Å². The quantitative estimate of drug-likeness (QED) is 0.298. The second-order valence-corrected chi connectivity index (χ2v) is 6.40. The van der Waals surface area contributed by atoms with E-state index in [1.807, 2.05) is 12.1 Å². The van der Waals surface area contributed by atoms with Gasteiger partial charge in [0.15, 0.2) is 0 Å². The monoisotopic (exact) mass is 300 g/mol. The van der Waals surface area contributed by atoms with Crippen LogP contribution in [0, 0.1) is 0 Å². The van der Waals surface area contributed by atoms with E-state index in [1.165, 1.54) is 43.8 Å². The largest absolute Gasteiger partial charge is 0.0843 e. The van der Waals surface area contributed by atoms with Gasteiger partial charge in [0.2, 0.25) is 0 Å². The molecule has 0 aromatic heterocycles. The molecule has 5 rings (SSSR count). The summed E-state index contributed by atoms with van der Waals surface area (Å²) < 4.78 is 0. The number of hydrogen-bond donors (Lipinski definition) is 0. The molecule has 0 spiro atoms. The van der Waals surface area contributed by atoms with Gasteiger partial charge in [0.25, 0.3) is 0 Å². The van der Waals surface area contributed by atoms with Gasteiger partial charge in [-0.25, -0.2) is 0 Å². The molecule has 0 aliphatic heterocycles. The smallest absolute Gasteiger partial charge is 0.0412 e. The standard InChI is InChI=1S/C21H13Cl/c22-16-7-10-17-14(12-16)5-9-20-19(17)8-6-15-11-13-3-1-2-4-18(13)21(15)20/h1-10,12H,11H2. The topological polar surface area (TPSA) is 0 Å². The SMILES string of the molecule is Clc1ccc2c(ccc3c4c(ccc32)Cc2ccccc2-4)c1. The van der Waals surface area contributed by atoms with E-state index in [-0.39, 0.29) is 0 Å². The molecule has 0 radical (unpaired) electrons. The summed E-state index contributed by atoms with van der Waals surface area (Å²) in [6, 6.07) is 23.9. The van der Waals surface area contributed by atoms with Gasteiger partial charge in [-0.05, 0) is 62.4 Å². The van der Waals surface area contributed by atoms with E-state index in [0.717, 1.165) is 11.4 Å². The maximum Gasteiger partial charge on any atom is 0.0412 e. The van der Waals surface area contributed by atoms with E-state index in [1.54, 1.807) is 0 Å². The summed E-state index contributed by atoms with van der Waals surface area (Å²) in [5.74, 6) is 0. The van der Waals surface area contributed by atoms with E-state index >= 15 is 0 Å². The van der Waals surface area contributed by atoms with Crippen molar-refractivity contribution in [3.63, 3.8) is 0 Å². The minimum atomic E-state index is 0.790. The maximum atomic E-state index is 6.13. The van der Waals surface area contributed by atoms with Crippen LogP contribution in [0.15, 0.2) is 66.7 Å². The minimum absolute atomic E-state index is 0.790. The van der Waals surface area contributed by atoms with Crippen LogP contribution in [-0.2, 0) is 6.42 Å². The fraction of sp³-hybridized carbons (Fsp3) is 0.0476. The molecule has 0 saturated carbocycles. The molecular weight excluding hydrogens is 288 g/mol. The van der Waals surface area contributed by atoms with Gasteiger partial charge in [-0.1, -0.05) is 66.2 Å². The Hall–Kier alpha value is -2.31. The van der Waals surface area contributed by atoms with Crippen molar-refractivity contribution >= 4 is 33.1 Å². The molecule has 1 heteroatoms. The number of rotatable bonds is 0. The maximum absolute atomic E-state index is 6.13. The van der Waals surface area contributed by atoms with Crippen LogP contribution >= 0.6 is 11.6 Å². The first kappa shape index (κ1) is 12.3. The molecule has 0 atom stereocenters. The first-order valence-electron chi connectivity index (χ1n) is 7.53. The zero-order valence-corrected chi connectivity index (χ0v) is 12.7. The molecule has 4 aromatic rings. The average Bonchev–Trinajstić information content (AvgIpc) is 2.93. The van der Waals surface area contributed by atoms with Crippen LogP contribution < -0.4 is 0 Å². The zero-order valence-electron chi connectivity index (χ0n) is 11.9. The fourth-order valence-corrected chi connectivity index (χ4v) is 3.93. The Kier molecular flexibility index (Phi) is 2.42. The average molecular weight is 301 g/mol. The summed E-state index contributed by atoms with van der Waals surface area (Å²) >= 11 is 6.13. The lowest BCUT2D eigenvalue weighted by Gasteiger charge is -2.10. The Morgan fingerprint density at radius 1 is 0.682 bits per heavy atom. The van der Waals surface area contributed by atoms with Crippen LogP contribution in [0.3, 0.4) is 0 Å². The van der Waals surface area contributed by atoms with E-state index in [0.29, 0.717) is 0 Å². The first-order valence-corrected chi connectivity index (χ1v) is 7.91.